The summed E-state index contributed by atoms with van der Waals surface area (Å²) in [5.74, 6) is 2.08. The number of anilines is 1. The number of nitrogens with two attached hydrogens (primary N) is 1. The molecule has 1 heterocycles. The number of hydrogen-bond acceptors (Lipinski definition) is 2. The monoisotopic (exact) mass is 277 g/mol. The third kappa shape index (κ3) is 2.44. The zero-order valence-corrected chi connectivity index (χ0v) is 12.0. The van der Waals surface area contributed by atoms with Crippen molar-refractivity contribution in [2.75, 3.05) is 5.73 Å². The quantitative estimate of drug-likeness (QED) is 0.898. The van der Waals surface area contributed by atoms with Crippen LogP contribution in [0.5, 0.6) is 0 Å². The van der Waals surface area contributed by atoms with Gasteiger partial charge in [0, 0.05) is 11.6 Å². The minimum Gasteiger partial charge on any atom is -0.369 e. The fourth-order valence-corrected chi connectivity index (χ4v) is 3.37. The molecule has 1 fully saturated rings. The van der Waals surface area contributed by atoms with Crippen LogP contribution in [0.4, 0.5) is 5.95 Å². The summed E-state index contributed by atoms with van der Waals surface area (Å²) in [6.45, 7) is 3.32. The fraction of sp³-hybridized carbons (Fsp3) is 0.533. The van der Waals surface area contributed by atoms with Gasteiger partial charge < -0.3 is 10.3 Å². The molecule has 1 aliphatic rings. The van der Waals surface area contributed by atoms with Crippen LogP contribution in [0.2, 0.25) is 5.02 Å². The van der Waals surface area contributed by atoms with Gasteiger partial charge in [-0.05, 0) is 36.5 Å². The third-order valence-corrected chi connectivity index (χ3v) is 4.68. The summed E-state index contributed by atoms with van der Waals surface area (Å²) >= 11 is 6.09. The SMILES string of the molecule is CC1CCCCC1Cn1c(N)nc2ccc(Cl)cc21. The molecule has 1 aromatic heterocycles. The summed E-state index contributed by atoms with van der Waals surface area (Å²) in [4.78, 5) is 4.43. The molecule has 2 atom stereocenters. The predicted octanol–water partition coefficient (Wildman–Crippen LogP) is 4.10. The molecule has 0 bridgehead atoms. The first kappa shape index (κ1) is 12.8. The fourth-order valence-electron chi connectivity index (χ4n) is 3.21. The molecule has 2 N–H and O–H groups in total. The highest BCUT2D eigenvalue weighted by molar-refractivity contribution is 6.31. The molecule has 102 valence electrons. The van der Waals surface area contributed by atoms with Crippen molar-refractivity contribution >= 4 is 28.6 Å². The van der Waals surface area contributed by atoms with Gasteiger partial charge in [-0.1, -0.05) is 37.8 Å². The molecule has 0 radical (unpaired) electrons. The summed E-state index contributed by atoms with van der Waals surface area (Å²) in [7, 11) is 0. The molecule has 1 aliphatic carbocycles. The minimum atomic E-state index is 0.607. The van der Waals surface area contributed by atoms with Gasteiger partial charge in [-0.25, -0.2) is 4.98 Å². The normalized spacial score (nSPS) is 23.9. The van der Waals surface area contributed by atoms with E-state index in [1.807, 2.05) is 18.2 Å². The van der Waals surface area contributed by atoms with Crippen molar-refractivity contribution in [3.05, 3.63) is 23.2 Å². The van der Waals surface area contributed by atoms with Crippen molar-refractivity contribution in [1.82, 2.24) is 9.55 Å². The van der Waals surface area contributed by atoms with E-state index in [-0.39, 0.29) is 0 Å². The first-order valence-electron chi connectivity index (χ1n) is 7.06. The van der Waals surface area contributed by atoms with Crippen molar-refractivity contribution < 1.29 is 0 Å². The Kier molecular flexibility index (Phi) is 3.40. The number of imidazole rings is 1. The van der Waals surface area contributed by atoms with E-state index >= 15 is 0 Å². The molecule has 0 amide bonds. The second kappa shape index (κ2) is 5.04. The van der Waals surface area contributed by atoms with Gasteiger partial charge in [-0.2, -0.15) is 0 Å². The maximum Gasteiger partial charge on any atom is 0.201 e. The van der Waals surface area contributed by atoms with Crippen LogP contribution >= 0.6 is 11.6 Å². The molecule has 0 saturated heterocycles. The number of benzene rings is 1. The number of halogens is 1. The predicted molar refractivity (Wildman–Crippen MR) is 80.3 cm³/mol. The molecule has 1 saturated carbocycles. The van der Waals surface area contributed by atoms with Crippen LogP contribution in [0, 0.1) is 11.8 Å². The highest BCUT2D eigenvalue weighted by atomic mass is 35.5. The van der Waals surface area contributed by atoms with Gasteiger partial charge in [-0.15, -0.1) is 0 Å². The van der Waals surface area contributed by atoms with Crippen LogP contribution in [-0.4, -0.2) is 9.55 Å². The lowest BCUT2D eigenvalue weighted by Gasteiger charge is -2.29. The van der Waals surface area contributed by atoms with Gasteiger partial charge in [-0.3, -0.25) is 0 Å². The first-order valence-corrected chi connectivity index (χ1v) is 7.44. The van der Waals surface area contributed by atoms with Crippen molar-refractivity contribution in [3.8, 4) is 0 Å². The topological polar surface area (TPSA) is 43.8 Å². The Morgan fingerprint density at radius 3 is 2.95 bits per heavy atom. The van der Waals surface area contributed by atoms with E-state index in [0.29, 0.717) is 11.9 Å². The minimum absolute atomic E-state index is 0.607. The van der Waals surface area contributed by atoms with Gasteiger partial charge in [0.2, 0.25) is 5.95 Å². The van der Waals surface area contributed by atoms with Crippen LogP contribution in [-0.2, 0) is 6.54 Å². The summed E-state index contributed by atoms with van der Waals surface area (Å²) in [6.07, 6.45) is 5.32. The van der Waals surface area contributed by atoms with Crippen LogP contribution < -0.4 is 5.73 Å². The Labute approximate surface area is 118 Å². The number of hydrogen-bond donors (Lipinski definition) is 1. The molecule has 0 aliphatic heterocycles. The number of nitrogen functional groups attached to an aromatic ring is 1. The van der Waals surface area contributed by atoms with Crippen LogP contribution in [0.25, 0.3) is 11.0 Å². The standard InChI is InChI=1S/C15H20ClN3/c1-10-4-2-3-5-11(10)9-19-14-8-12(16)6-7-13(14)18-15(19)17/h6-8,10-11H,2-5,9H2,1H3,(H2,17,18). The lowest BCUT2D eigenvalue weighted by atomic mass is 9.80. The second-order valence-corrected chi connectivity index (χ2v) is 6.17. The molecule has 1 aromatic carbocycles. The number of nitrogens with zero attached hydrogens (tertiary/aromatic N) is 2. The molecule has 3 nitrogen and oxygen atoms in total. The highest BCUT2D eigenvalue weighted by Crippen LogP contribution is 2.32. The number of aromatic nitrogens is 2. The molecule has 2 aromatic rings. The molecule has 2 unspecified atom stereocenters. The number of rotatable bonds is 2. The molecular formula is C15H20ClN3. The van der Waals surface area contributed by atoms with E-state index in [0.717, 1.165) is 28.5 Å². The van der Waals surface area contributed by atoms with E-state index in [1.165, 1.54) is 25.7 Å². The molecule has 0 spiro atoms. The number of fused-ring (bicyclic) bond motifs is 1. The van der Waals surface area contributed by atoms with Crippen molar-refractivity contribution in [2.24, 2.45) is 11.8 Å². The van der Waals surface area contributed by atoms with E-state index in [9.17, 15) is 0 Å². The van der Waals surface area contributed by atoms with E-state index in [4.69, 9.17) is 17.3 Å². The zero-order valence-electron chi connectivity index (χ0n) is 11.3. The maximum atomic E-state index is 6.09. The lowest BCUT2D eigenvalue weighted by Crippen LogP contribution is -2.22. The van der Waals surface area contributed by atoms with Crippen molar-refractivity contribution in [2.45, 2.75) is 39.2 Å². The summed E-state index contributed by atoms with van der Waals surface area (Å²) in [5, 5.41) is 0.741. The third-order valence-electron chi connectivity index (χ3n) is 4.45. The molecule has 3 rings (SSSR count). The lowest BCUT2D eigenvalue weighted by molar-refractivity contribution is 0.231. The second-order valence-electron chi connectivity index (χ2n) is 5.74. The Morgan fingerprint density at radius 1 is 1.37 bits per heavy atom. The van der Waals surface area contributed by atoms with Gasteiger partial charge in [0.15, 0.2) is 0 Å². The maximum absolute atomic E-state index is 6.09. The summed E-state index contributed by atoms with van der Waals surface area (Å²) < 4.78 is 2.13. The smallest absolute Gasteiger partial charge is 0.201 e. The van der Waals surface area contributed by atoms with Gasteiger partial charge >= 0.3 is 0 Å². The molecule has 19 heavy (non-hydrogen) atoms. The highest BCUT2D eigenvalue weighted by Gasteiger charge is 2.23. The van der Waals surface area contributed by atoms with Gasteiger partial charge in [0.25, 0.3) is 0 Å². The van der Waals surface area contributed by atoms with Crippen molar-refractivity contribution in [3.63, 3.8) is 0 Å². The Morgan fingerprint density at radius 2 is 2.16 bits per heavy atom. The van der Waals surface area contributed by atoms with E-state index in [1.54, 1.807) is 0 Å². The largest absolute Gasteiger partial charge is 0.369 e. The molecular weight excluding hydrogens is 258 g/mol. The zero-order chi connectivity index (χ0) is 13.4. The van der Waals surface area contributed by atoms with E-state index in [2.05, 4.69) is 16.5 Å². The Balaban J connectivity index is 1.95. The molecule has 4 heteroatoms. The average molecular weight is 278 g/mol. The van der Waals surface area contributed by atoms with Crippen LogP contribution in [0.1, 0.15) is 32.6 Å². The Bertz CT molecular complexity index is 590. The van der Waals surface area contributed by atoms with E-state index < -0.39 is 0 Å². The summed E-state index contributed by atoms with van der Waals surface area (Å²) in [6, 6.07) is 5.77. The van der Waals surface area contributed by atoms with Crippen molar-refractivity contribution in [1.29, 1.82) is 0 Å². The van der Waals surface area contributed by atoms with Gasteiger partial charge in [0.1, 0.15) is 0 Å². The van der Waals surface area contributed by atoms with Crippen LogP contribution in [0.3, 0.4) is 0 Å². The first-order chi connectivity index (χ1) is 9.15. The Hall–Kier alpha value is -1.22. The van der Waals surface area contributed by atoms with Crippen LogP contribution in [0.15, 0.2) is 18.2 Å². The summed E-state index contributed by atoms with van der Waals surface area (Å²) in [5.41, 5.74) is 8.07. The average Bonchev–Trinajstić information content (AvgIpc) is 2.69. The van der Waals surface area contributed by atoms with Gasteiger partial charge in [0.05, 0.1) is 11.0 Å².